The smallest absolute Gasteiger partial charge is 0.322 e. The zero-order valence-electron chi connectivity index (χ0n) is 10.5. The Morgan fingerprint density at radius 1 is 1.28 bits per heavy atom. The number of nitrogens with one attached hydrogen (secondary N) is 1. The number of hydrogen-bond donors (Lipinski definition) is 2. The predicted octanol–water partition coefficient (Wildman–Crippen LogP) is 0.111. The second kappa shape index (κ2) is 4.56. The van der Waals surface area contributed by atoms with Crippen molar-refractivity contribution in [1.82, 2.24) is 19.9 Å². The van der Waals surface area contributed by atoms with E-state index in [9.17, 15) is 0 Å². The topological polar surface area (TPSA) is 89.2 Å². The van der Waals surface area contributed by atoms with E-state index in [1.54, 1.807) is 0 Å². The van der Waals surface area contributed by atoms with Crippen LogP contribution < -0.4 is 15.8 Å². The summed E-state index contributed by atoms with van der Waals surface area (Å²) >= 11 is 0. The summed E-state index contributed by atoms with van der Waals surface area (Å²) in [6, 6.07) is 1.45. The Morgan fingerprint density at radius 3 is 2.83 bits per heavy atom. The third kappa shape index (κ3) is 2.45. The van der Waals surface area contributed by atoms with Crippen LogP contribution in [0.4, 0.5) is 11.9 Å². The van der Waals surface area contributed by atoms with Crippen LogP contribution in [0.3, 0.4) is 0 Å². The molecule has 3 rings (SSSR count). The summed E-state index contributed by atoms with van der Waals surface area (Å²) in [7, 11) is 1.52. The zero-order chi connectivity index (χ0) is 12.5. The Morgan fingerprint density at radius 2 is 2.11 bits per heavy atom. The van der Waals surface area contributed by atoms with Crippen molar-refractivity contribution >= 4 is 11.9 Å². The summed E-state index contributed by atoms with van der Waals surface area (Å²) in [6.45, 7) is 2.21. The summed E-state index contributed by atoms with van der Waals surface area (Å²) in [5.41, 5.74) is 5.60. The molecule has 1 aliphatic heterocycles. The first-order valence-corrected chi connectivity index (χ1v) is 6.31. The first-order valence-electron chi connectivity index (χ1n) is 6.31. The zero-order valence-corrected chi connectivity index (χ0v) is 10.5. The molecule has 0 amide bonds. The van der Waals surface area contributed by atoms with Crippen molar-refractivity contribution in [2.24, 2.45) is 0 Å². The number of hydrogen-bond acceptors (Lipinski definition) is 7. The average Bonchev–Trinajstić information content (AvgIpc) is 3.10. The van der Waals surface area contributed by atoms with Crippen LogP contribution in [-0.4, -0.2) is 52.1 Å². The van der Waals surface area contributed by atoms with Crippen LogP contribution in [0, 0.1) is 0 Å². The van der Waals surface area contributed by atoms with Crippen LogP contribution in [0.25, 0.3) is 0 Å². The number of methoxy groups -OCH3 is 1. The van der Waals surface area contributed by atoms with Crippen molar-refractivity contribution in [2.45, 2.75) is 31.3 Å². The Labute approximate surface area is 106 Å². The molecule has 7 heteroatoms. The van der Waals surface area contributed by atoms with Crippen LogP contribution in [-0.2, 0) is 0 Å². The Hall–Kier alpha value is -1.63. The van der Waals surface area contributed by atoms with Gasteiger partial charge in [0.05, 0.1) is 7.11 Å². The molecule has 0 bridgehead atoms. The average molecular weight is 250 g/mol. The maximum Gasteiger partial charge on any atom is 0.322 e. The molecule has 1 atom stereocenters. The van der Waals surface area contributed by atoms with Crippen LogP contribution in [0.15, 0.2) is 0 Å². The molecule has 1 saturated heterocycles. The Kier molecular flexibility index (Phi) is 2.91. The highest BCUT2D eigenvalue weighted by atomic mass is 16.5. The highest BCUT2D eigenvalue weighted by Gasteiger charge is 2.34. The lowest BCUT2D eigenvalue weighted by Gasteiger charge is -2.15. The lowest BCUT2D eigenvalue weighted by atomic mass is 10.3. The van der Waals surface area contributed by atoms with Gasteiger partial charge in [-0.15, -0.1) is 0 Å². The number of nitrogen functional groups attached to an aromatic ring is 1. The van der Waals surface area contributed by atoms with Crippen molar-refractivity contribution in [3.05, 3.63) is 0 Å². The predicted molar refractivity (Wildman–Crippen MR) is 67.4 cm³/mol. The SMILES string of the molecule is COc1nc(N)nc(NC2CCN(C3CC3)C2)n1. The van der Waals surface area contributed by atoms with Gasteiger partial charge < -0.3 is 15.8 Å². The van der Waals surface area contributed by atoms with Gasteiger partial charge in [0.25, 0.3) is 0 Å². The molecule has 1 aromatic heterocycles. The highest BCUT2D eigenvalue weighted by Crippen LogP contribution is 2.30. The number of aromatic nitrogens is 3. The van der Waals surface area contributed by atoms with Crippen LogP contribution in [0.1, 0.15) is 19.3 Å². The molecule has 0 radical (unpaired) electrons. The molecule has 3 N–H and O–H groups in total. The van der Waals surface area contributed by atoms with Crippen LogP contribution >= 0.6 is 0 Å². The molecule has 2 fully saturated rings. The van der Waals surface area contributed by atoms with Crippen LogP contribution in [0.5, 0.6) is 6.01 Å². The minimum absolute atomic E-state index is 0.182. The first-order chi connectivity index (χ1) is 8.74. The van der Waals surface area contributed by atoms with Gasteiger partial charge in [0.1, 0.15) is 0 Å². The lowest BCUT2D eigenvalue weighted by molar-refractivity contribution is 0.326. The monoisotopic (exact) mass is 250 g/mol. The van der Waals surface area contributed by atoms with E-state index in [0.29, 0.717) is 12.0 Å². The summed E-state index contributed by atoms with van der Waals surface area (Å²) in [5.74, 6) is 0.684. The fraction of sp³-hybridized carbons (Fsp3) is 0.727. The number of nitrogens with two attached hydrogens (primary N) is 1. The molecule has 18 heavy (non-hydrogen) atoms. The molecule has 98 valence electrons. The van der Waals surface area contributed by atoms with E-state index in [2.05, 4.69) is 25.2 Å². The molecular formula is C11H18N6O. The number of rotatable bonds is 4. The first kappa shape index (κ1) is 11.5. The summed E-state index contributed by atoms with van der Waals surface area (Å²) < 4.78 is 4.98. The molecule has 1 aromatic rings. The summed E-state index contributed by atoms with van der Waals surface area (Å²) in [4.78, 5) is 14.6. The van der Waals surface area contributed by atoms with Gasteiger partial charge in [-0.1, -0.05) is 0 Å². The van der Waals surface area contributed by atoms with E-state index >= 15 is 0 Å². The van der Waals surface area contributed by atoms with Gasteiger partial charge >= 0.3 is 6.01 Å². The molecule has 7 nitrogen and oxygen atoms in total. The van der Waals surface area contributed by atoms with Crippen molar-refractivity contribution in [1.29, 1.82) is 0 Å². The Balaban J connectivity index is 1.63. The number of likely N-dealkylation sites (tertiary alicyclic amines) is 1. The van der Waals surface area contributed by atoms with E-state index in [1.165, 1.54) is 20.0 Å². The van der Waals surface area contributed by atoms with E-state index < -0.39 is 0 Å². The van der Waals surface area contributed by atoms with Gasteiger partial charge in [0, 0.05) is 25.2 Å². The van der Waals surface area contributed by atoms with E-state index in [0.717, 1.165) is 25.6 Å². The van der Waals surface area contributed by atoms with Gasteiger partial charge in [-0.05, 0) is 19.3 Å². The van der Waals surface area contributed by atoms with Gasteiger partial charge in [-0.3, -0.25) is 4.90 Å². The molecule has 2 heterocycles. The van der Waals surface area contributed by atoms with Gasteiger partial charge in [0.2, 0.25) is 11.9 Å². The lowest BCUT2D eigenvalue weighted by Crippen LogP contribution is -2.28. The minimum Gasteiger partial charge on any atom is -0.467 e. The molecule has 0 aromatic carbocycles. The number of anilines is 2. The molecule has 1 saturated carbocycles. The van der Waals surface area contributed by atoms with Gasteiger partial charge in [0.15, 0.2) is 0 Å². The summed E-state index contributed by atoms with van der Waals surface area (Å²) in [6.07, 6.45) is 3.81. The molecule has 2 aliphatic rings. The third-order valence-corrected chi connectivity index (χ3v) is 3.43. The van der Waals surface area contributed by atoms with E-state index in [-0.39, 0.29) is 12.0 Å². The quantitative estimate of drug-likeness (QED) is 0.784. The minimum atomic E-state index is 0.182. The Bertz CT molecular complexity index is 436. The van der Waals surface area contributed by atoms with Crippen LogP contribution in [0.2, 0.25) is 0 Å². The third-order valence-electron chi connectivity index (χ3n) is 3.43. The molecule has 1 unspecified atom stereocenters. The van der Waals surface area contributed by atoms with Crippen molar-refractivity contribution in [3.8, 4) is 6.01 Å². The van der Waals surface area contributed by atoms with E-state index in [4.69, 9.17) is 10.5 Å². The van der Waals surface area contributed by atoms with E-state index in [1.807, 2.05) is 0 Å². The normalized spacial score (nSPS) is 24.2. The maximum atomic E-state index is 5.60. The van der Waals surface area contributed by atoms with Crippen molar-refractivity contribution in [3.63, 3.8) is 0 Å². The van der Waals surface area contributed by atoms with Gasteiger partial charge in [-0.25, -0.2) is 0 Å². The molecule has 0 spiro atoms. The second-order valence-corrected chi connectivity index (χ2v) is 4.86. The fourth-order valence-electron chi connectivity index (χ4n) is 2.39. The summed E-state index contributed by atoms with van der Waals surface area (Å²) in [5, 5.41) is 3.31. The number of nitrogens with zero attached hydrogens (tertiary/aromatic N) is 4. The largest absolute Gasteiger partial charge is 0.467 e. The van der Waals surface area contributed by atoms with Crippen molar-refractivity contribution in [2.75, 3.05) is 31.2 Å². The standard InChI is InChI=1S/C11H18N6O/c1-18-11-15-9(12)14-10(16-11)13-7-4-5-17(6-7)8-2-3-8/h7-8H,2-6H2,1H3,(H3,12,13,14,15,16). The molecule has 1 aliphatic carbocycles. The molecular weight excluding hydrogens is 232 g/mol. The highest BCUT2D eigenvalue weighted by molar-refractivity contribution is 5.34. The van der Waals surface area contributed by atoms with Gasteiger partial charge in [-0.2, -0.15) is 15.0 Å². The maximum absolute atomic E-state index is 5.60. The fourth-order valence-corrected chi connectivity index (χ4v) is 2.39. The second-order valence-electron chi connectivity index (χ2n) is 4.86. The number of ether oxygens (including phenoxy) is 1. The van der Waals surface area contributed by atoms with Crippen molar-refractivity contribution < 1.29 is 4.74 Å².